The zero-order chi connectivity index (χ0) is 45.8. The Morgan fingerprint density at radius 3 is 1.05 bits per heavy atom. The molecule has 0 saturated carbocycles. The van der Waals surface area contributed by atoms with Gasteiger partial charge in [-0.1, -0.05) is 215 Å². The van der Waals surface area contributed by atoms with E-state index < -0.39 is 6.10 Å². The summed E-state index contributed by atoms with van der Waals surface area (Å²) in [6, 6.07) is 0. The Labute approximate surface area is 388 Å². The summed E-state index contributed by atoms with van der Waals surface area (Å²) in [5.74, 6) is -0.973. The summed E-state index contributed by atoms with van der Waals surface area (Å²) in [6.07, 6.45) is 65.7. The van der Waals surface area contributed by atoms with Crippen LogP contribution in [0.15, 0.2) is 85.1 Å². The van der Waals surface area contributed by atoms with E-state index >= 15 is 0 Å². The number of unbranched alkanes of at least 4 members (excludes halogenated alkanes) is 21. The number of hydrogen-bond acceptors (Lipinski definition) is 6. The fourth-order valence-electron chi connectivity index (χ4n) is 6.98. The molecule has 0 fully saturated rings. The summed E-state index contributed by atoms with van der Waals surface area (Å²) < 4.78 is 16.7. The van der Waals surface area contributed by atoms with Crippen LogP contribution in [0.2, 0.25) is 0 Å². The maximum absolute atomic E-state index is 12.8. The van der Waals surface area contributed by atoms with Crippen molar-refractivity contribution in [2.24, 2.45) is 0 Å². The van der Waals surface area contributed by atoms with Gasteiger partial charge in [-0.3, -0.25) is 14.4 Å². The molecule has 0 aliphatic rings. The van der Waals surface area contributed by atoms with Crippen LogP contribution >= 0.6 is 0 Å². The standard InChI is InChI=1S/C57H96O6/c1-4-7-10-13-16-19-22-25-27-29-31-32-35-38-41-44-47-50-56(59)62-53-54(52-61-55(58)49-46-43-40-37-34-24-21-18-15-12-9-6-3)63-57(60)51-48-45-42-39-36-33-30-28-26-23-20-17-14-11-8-5-2/h7,10,16,19-20,23,25,27-28,30-32,38,41,54H,4-6,8-9,11-15,17-18,21-22,24,26,29,33-37,39-40,42-53H2,1-3H3/b10-7-,19-16-,23-20-,27-25-,30-28-,32-31-,41-38-. The quantitative estimate of drug-likeness (QED) is 0.0262. The zero-order valence-corrected chi connectivity index (χ0v) is 41.1. The number of carbonyl (C=O) groups is 3. The number of hydrogen-bond donors (Lipinski definition) is 0. The number of carbonyl (C=O) groups excluding carboxylic acids is 3. The zero-order valence-electron chi connectivity index (χ0n) is 41.1. The lowest BCUT2D eigenvalue weighted by Gasteiger charge is -2.18. The Balaban J connectivity index is 4.50. The Kier molecular flexibility index (Phi) is 48.5. The molecular weight excluding hydrogens is 781 g/mol. The fourth-order valence-corrected chi connectivity index (χ4v) is 6.98. The van der Waals surface area contributed by atoms with Crippen LogP contribution in [0.25, 0.3) is 0 Å². The van der Waals surface area contributed by atoms with Gasteiger partial charge in [0, 0.05) is 19.3 Å². The second-order valence-corrected chi connectivity index (χ2v) is 17.1. The normalized spacial score (nSPS) is 12.7. The van der Waals surface area contributed by atoms with Gasteiger partial charge in [-0.25, -0.2) is 0 Å². The molecule has 0 aliphatic carbocycles. The van der Waals surface area contributed by atoms with Crippen molar-refractivity contribution in [2.45, 2.75) is 245 Å². The first-order valence-electron chi connectivity index (χ1n) is 26.1. The van der Waals surface area contributed by atoms with Gasteiger partial charge in [-0.15, -0.1) is 0 Å². The third-order valence-corrected chi connectivity index (χ3v) is 10.9. The second-order valence-electron chi connectivity index (χ2n) is 17.1. The molecule has 0 N–H and O–H groups in total. The van der Waals surface area contributed by atoms with Gasteiger partial charge in [0.1, 0.15) is 13.2 Å². The molecule has 0 aromatic carbocycles. The lowest BCUT2D eigenvalue weighted by Crippen LogP contribution is -2.30. The van der Waals surface area contributed by atoms with Crippen molar-refractivity contribution in [3.63, 3.8) is 0 Å². The van der Waals surface area contributed by atoms with Crippen LogP contribution in [-0.4, -0.2) is 37.2 Å². The highest BCUT2D eigenvalue weighted by Gasteiger charge is 2.19. The van der Waals surface area contributed by atoms with Crippen LogP contribution in [-0.2, 0) is 28.6 Å². The van der Waals surface area contributed by atoms with E-state index in [1.807, 2.05) is 0 Å². The van der Waals surface area contributed by atoms with Gasteiger partial charge in [0.15, 0.2) is 6.10 Å². The molecule has 1 unspecified atom stereocenters. The highest BCUT2D eigenvalue weighted by molar-refractivity contribution is 5.71. The maximum Gasteiger partial charge on any atom is 0.306 e. The smallest absolute Gasteiger partial charge is 0.306 e. The Morgan fingerprint density at radius 2 is 0.635 bits per heavy atom. The molecule has 0 aliphatic heterocycles. The Bertz CT molecular complexity index is 1240. The lowest BCUT2D eigenvalue weighted by molar-refractivity contribution is -0.167. The van der Waals surface area contributed by atoms with E-state index in [-0.39, 0.29) is 37.5 Å². The SMILES string of the molecule is CC/C=C\C/C=C\C/C=C\C/C=C\C/C=C\CCCC(=O)OCC(COC(=O)CCCCCCCCCCCCCC)OC(=O)CCCCCCC/C=C\C/C=C\CCCCCC. The van der Waals surface area contributed by atoms with Gasteiger partial charge in [-0.05, 0) is 89.9 Å². The molecule has 0 amide bonds. The first-order valence-corrected chi connectivity index (χ1v) is 26.1. The summed E-state index contributed by atoms with van der Waals surface area (Å²) in [4.78, 5) is 38.0. The van der Waals surface area contributed by atoms with Crippen LogP contribution in [0, 0.1) is 0 Å². The largest absolute Gasteiger partial charge is 0.462 e. The average Bonchev–Trinajstić information content (AvgIpc) is 3.28. The topological polar surface area (TPSA) is 78.9 Å². The molecule has 63 heavy (non-hydrogen) atoms. The summed E-state index contributed by atoms with van der Waals surface area (Å²) in [5, 5.41) is 0. The van der Waals surface area contributed by atoms with E-state index in [9.17, 15) is 14.4 Å². The van der Waals surface area contributed by atoms with E-state index in [0.29, 0.717) is 19.3 Å². The molecule has 1 atom stereocenters. The predicted octanol–water partition coefficient (Wildman–Crippen LogP) is 17.2. The first kappa shape index (κ1) is 59.6. The van der Waals surface area contributed by atoms with Crippen molar-refractivity contribution in [3.05, 3.63) is 85.1 Å². The van der Waals surface area contributed by atoms with Gasteiger partial charge < -0.3 is 14.2 Å². The molecule has 0 rings (SSSR count). The number of ether oxygens (including phenoxy) is 3. The Morgan fingerprint density at radius 1 is 0.333 bits per heavy atom. The molecule has 0 saturated heterocycles. The Hall–Kier alpha value is -3.41. The van der Waals surface area contributed by atoms with Crippen LogP contribution in [0.5, 0.6) is 0 Å². The summed E-state index contributed by atoms with van der Waals surface area (Å²) in [7, 11) is 0. The van der Waals surface area contributed by atoms with Gasteiger partial charge in [0.05, 0.1) is 0 Å². The molecule has 360 valence electrons. The van der Waals surface area contributed by atoms with Crippen molar-refractivity contribution in [1.82, 2.24) is 0 Å². The highest BCUT2D eigenvalue weighted by Crippen LogP contribution is 2.14. The van der Waals surface area contributed by atoms with E-state index in [2.05, 4.69) is 106 Å². The first-order chi connectivity index (χ1) is 31.0. The predicted molar refractivity (Wildman–Crippen MR) is 270 cm³/mol. The van der Waals surface area contributed by atoms with Crippen molar-refractivity contribution >= 4 is 17.9 Å². The van der Waals surface area contributed by atoms with Gasteiger partial charge in [0.25, 0.3) is 0 Å². The van der Waals surface area contributed by atoms with Gasteiger partial charge >= 0.3 is 17.9 Å². The van der Waals surface area contributed by atoms with Crippen molar-refractivity contribution < 1.29 is 28.6 Å². The minimum Gasteiger partial charge on any atom is -0.462 e. The van der Waals surface area contributed by atoms with Crippen molar-refractivity contribution in [3.8, 4) is 0 Å². The number of esters is 3. The molecule has 6 heteroatoms. The molecular formula is C57H96O6. The molecule has 6 nitrogen and oxygen atoms in total. The summed E-state index contributed by atoms with van der Waals surface area (Å²) in [6.45, 7) is 6.44. The monoisotopic (exact) mass is 877 g/mol. The molecule has 0 radical (unpaired) electrons. The fraction of sp³-hybridized carbons (Fsp3) is 0.702. The molecule has 0 heterocycles. The summed E-state index contributed by atoms with van der Waals surface area (Å²) in [5.41, 5.74) is 0. The van der Waals surface area contributed by atoms with E-state index in [4.69, 9.17) is 14.2 Å². The lowest BCUT2D eigenvalue weighted by atomic mass is 10.0. The van der Waals surface area contributed by atoms with Crippen LogP contribution in [0.4, 0.5) is 0 Å². The van der Waals surface area contributed by atoms with E-state index in [1.165, 1.54) is 89.9 Å². The molecule has 0 aromatic heterocycles. The van der Waals surface area contributed by atoms with Crippen LogP contribution < -0.4 is 0 Å². The van der Waals surface area contributed by atoms with E-state index in [1.54, 1.807) is 0 Å². The third-order valence-electron chi connectivity index (χ3n) is 10.9. The molecule has 0 aromatic rings. The van der Waals surface area contributed by atoms with Crippen LogP contribution in [0.1, 0.15) is 239 Å². The average molecular weight is 877 g/mol. The van der Waals surface area contributed by atoms with Crippen LogP contribution in [0.3, 0.4) is 0 Å². The molecule has 0 spiro atoms. The highest BCUT2D eigenvalue weighted by atomic mass is 16.6. The van der Waals surface area contributed by atoms with Gasteiger partial charge in [-0.2, -0.15) is 0 Å². The number of allylic oxidation sites excluding steroid dienone is 14. The van der Waals surface area contributed by atoms with E-state index in [0.717, 1.165) is 103 Å². The maximum atomic E-state index is 12.8. The minimum absolute atomic E-state index is 0.0988. The van der Waals surface area contributed by atoms with Crippen molar-refractivity contribution in [2.75, 3.05) is 13.2 Å². The summed E-state index contributed by atoms with van der Waals surface area (Å²) >= 11 is 0. The third kappa shape index (κ3) is 49.5. The van der Waals surface area contributed by atoms with Gasteiger partial charge in [0.2, 0.25) is 0 Å². The molecule has 0 bridgehead atoms. The number of rotatable bonds is 46. The van der Waals surface area contributed by atoms with Crippen molar-refractivity contribution in [1.29, 1.82) is 0 Å². The second kappa shape index (κ2) is 51.2. The minimum atomic E-state index is -0.805.